The standard InChI is InChI=1S/C14H26.2C13H24O.C8H18O.C8H18.2C8H16.C7H16O/c1-11(2)13-5-8-14(9-6-13,10-7-13)12(3)4;2*1-10(2)12-5-7-13(8-6-12,11(3)4)14-9-12;1-7(2)5-9-6-8(3)4;3*1-7(2)5-6-8(3)4;1-6(2)5-8-7(3)4/h11-12H,5-10H2,1-4H3;2*10-11H,5-9H2,1-4H3;7-8H,5-6H2,1-4H3;7-8H,5-6H2,1-4H3;2*5-8H,1-4H3;6-7H,5H2,1-4H3/b;;;;;6-5+;6-5-;. The SMILES string of the molecule is CC(C)/C=C/C(C)C.CC(C)/C=C\C(C)C.CC(C)C12CCC(C(C)C)(CC1)CC2.CC(C)C12CCC(C(C)C)(CC1)OC2.CC(C)C12CCC(C(C)C)(CC1)OC2.CC(C)CCC(C)C.CC(C)COC(C)C.CC(C)COCC(C)C. The molecular weight excluding hydrogens is 1010 g/mol. The molecule has 5 saturated carbocycles. The highest BCUT2D eigenvalue weighted by atomic mass is 16.5. The van der Waals surface area contributed by atoms with Gasteiger partial charge in [-0.3, -0.25) is 0 Å². The molecule has 498 valence electrons. The van der Waals surface area contributed by atoms with Crippen molar-refractivity contribution < 1.29 is 18.9 Å². The molecule has 9 aliphatic rings. The van der Waals surface area contributed by atoms with Gasteiger partial charge < -0.3 is 18.9 Å². The van der Waals surface area contributed by atoms with Gasteiger partial charge in [0.1, 0.15) is 0 Å². The Bertz CT molecular complexity index is 1270. The lowest BCUT2D eigenvalue weighted by atomic mass is 9.48. The fraction of sp³-hybridized carbons (Fsp3) is 0.949. The average Bonchev–Trinajstić information content (AvgIpc) is 3.39. The number of ether oxygens (including phenoxy) is 4. The van der Waals surface area contributed by atoms with Gasteiger partial charge in [-0.1, -0.05) is 245 Å². The highest BCUT2D eigenvalue weighted by molar-refractivity contribution is 5.04. The molecule has 5 aliphatic carbocycles. The Hall–Kier alpha value is -0.680. The van der Waals surface area contributed by atoms with Crippen LogP contribution in [0.1, 0.15) is 324 Å². The first-order chi connectivity index (χ1) is 38.2. The summed E-state index contributed by atoms with van der Waals surface area (Å²) in [5.74, 6) is 11.4. The van der Waals surface area contributed by atoms with Gasteiger partial charge >= 0.3 is 0 Å². The van der Waals surface area contributed by atoms with E-state index in [0.29, 0.717) is 70.2 Å². The molecule has 0 aromatic rings. The van der Waals surface area contributed by atoms with Crippen LogP contribution in [0.25, 0.3) is 0 Å². The molecule has 4 saturated heterocycles. The molecule has 0 aromatic carbocycles. The summed E-state index contributed by atoms with van der Waals surface area (Å²) in [4.78, 5) is 0. The third-order valence-electron chi connectivity index (χ3n) is 20.6. The van der Waals surface area contributed by atoms with Crippen LogP contribution in [0.4, 0.5) is 0 Å². The summed E-state index contributed by atoms with van der Waals surface area (Å²) in [5, 5.41) is 0. The third kappa shape index (κ3) is 33.1. The largest absolute Gasteiger partial charge is 0.381 e. The van der Waals surface area contributed by atoms with E-state index in [2.05, 4.69) is 246 Å². The van der Waals surface area contributed by atoms with Gasteiger partial charge in [-0.25, -0.2) is 0 Å². The maximum absolute atomic E-state index is 6.19. The van der Waals surface area contributed by atoms with Crippen molar-refractivity contribution in [2.75, 3.05) is 33.0 Å². The van der Waals surface area contributed by atoms with Crippen LogP contribution in [0, 0.1) is 110 Å². The Morgan fingerprint density at radius 1 is 0.277 bits per heavy atom. The van der Waals surface area contributed by atoms with E-state index in [0.717, 1.165) is 79.4 Å². The predicted molar refractivity (Wildman–Crippen MR) is 374 cm³/mol. The number of allylic oxidation sites excluding steroid dienone is 4. The van der Waals surface area contributed by atoms with Gasteiger partial charge in [0.05, 0.1) is 30.5 Å². The molecule has 4 aliphatic heterocycles. The van der Waals surface area contributed by atoms with Crippen molar-refractivity contribution in [2.24, 2.45) is 110 Å². The van der Waals surface area contributed by atoms with Crippen molar-refractivity contribution in [2.45, 2.75) is 342 Å². The number of rotatable bonds is 20. The van der Waals surface area contributed by atoms with Crippen molar-refractivity contribution in [3.8, 4) is 0 Å². The number of hydrogen-bond acceptors (Lipinski definition) is 4. The van der Waals surface area contributed by atoms with Gasteiger partial charge in [-0.15, -0.1) is 0 Å². The summed E-state index contributed by atoms with van der Waals surface area (Å²) < 4.78 is 23.0. The normalized spacial score (nSPS) is 27.2. The second kappa shape index (κ2) is 41.6. The Morgan fingerprint density at radius 3 is 0.639 bits per heavy atom. The monoisotopic (exact) mass is 1170 g/mol. The fourth-order valence-corrected chi connectivity index (χ4v) is 12.9. The summed E-state index contributed by atoms with van der Waals surface area (Å²) in [5.41, 5.74) is 3.04. The zero-order chi connectivity index (χ0) is 64.7. The number of hydrogen-bond donors (Lipinski definition) is 0. The molecular formula is C79H158O4. The van der Waals surface area contributed by atoms with Gasteiger partial charge in [0, 0.05) is 19.8 Å². The molecule has 0 spiro atoms. The highest BCUT2D eigenvalue weighted by Crippen LogP contribution is 2.62. The summed E-state index contributed by atoms with van der Waals surface area (Å²) in [6.07, 6.45) is 32.0. The zero-order valence-electron chi connectivity index (χ0n) is 63.0. The molecule has 4 heterocycles. The van der Waals surface area contributed by atoms with Gasteiger partial charge in [0.2, 0.25) is 0 Å². The molecule has 6 bridgehead atoms. The van der Waals surface area contributed by atoms with E-state index in [4.69, 9.17) is 18.9 Å². The van der Waals surface area contributed by atoms with Crippen molar-refractivity contribution in [3.05, 3.63) is 24.3 Å². The van der Waals surface area contributed by atoms with Crippen molar-refractivity contribution in [1.82, 2.24) is 0 Å². The Morgan fingerprint density at radius 2 is 0.506 bits per heavy atom. The molecule has 4 heteroatoms. The van der Waals surface area contributed by atoms with E-state index in [9.17, 15) is 0 Å². The van der Waals surface area contributed by atoms with E-state index >= 15 is 0 Å². The topological polar surface area (TPSA) is 36.9 Å². The van der Waals surface area contributed by atoms with E-state index in [1.807, 2.05) is 0 Å². The lowest BCUT2D eigenvalue weighted by Crippen LogP contribution is -2.55. The molecule has 0 amide bonds. The molecule has 0 aromatic heterocycles. The smallest absolute Gasteiger partial charge is 0.0706 e. The second-order valence-electron chi connectivity index (χ2n) is 33.8. The quantitative estimate of drug-likeness (QED) is 0.114. The zero-order valence-corrected chi connectivity index (χ0v) is 63.0. The van der Waals surface area contributed by atoms with E-state index < -0.39 is 0 Å². The van der Waals surface area contributed by atoms with Crippen LogP contribution in [0.15, 0.2) is 24.3 Å². The van der Waals surface area contributed by atoms with Crippen LogP contribution in [-0.4, -0.2) is 50.3 Å². The lowest BCUT2D eigenvalue weighted by Gasteiger charge is -2.57. The van der Waals surface area contributed by atoms with Gasteiger partial charge in [-0.05, 0) is 214 Å². The molecule has 0 radical (unpaired) electrons. The molecule has 9 fully saturated rings. The average molecular weight is 1170 g/mol. The Balaban J connectivity index is 0. The summed E-state index contributed by atoms with van der Waals surface area (Å²) in [7, 11) is 0. The van der Waals surface area contributed by atoms with Crippen LogP contribution >= 0.6 is 0 Å². The van der Waals surface area contributed by atoms with Crippen molar-refractivity contribution in [1.29, 1.82) is 0 Å². The Kier molecular flexibility index (Phi) is 42.3. The van der Waals surface area contributed by atoms with E-state index in [1.165, 1.54) is 103 Å². The highest BCUT2D eigenvalue weighted by Gasteiger charge is 2.54. The predicted octanol–water partition coefficient (Wildman–Crippen LogP) is 25.1. The van der Waals surface area contributed by atoms with E-state index in [1.54, 1.807) is 0 Å². The molecule has 4 nitrogen and oxygen atoms in total. The molecule has 0 unspecified atom stereocenters. The van der Waals surface area contributed by atoms with Crippen LogP contribution in [0.3, 0.4) is 0 Å². The third-order valence-corrected chi connectivity index (χ3v) is 20.6. The van der Waals surface area contributed by atoms with E-state index in [-0.39, 0.29) is 11.2 Å². The van der Waals surface area contributed by atoms with Crippen LogP contribution in [-0.2, 0) is 18.9 Å². The first kappa shape index (κ1) is 84.4. The summed E-state index contributed by atoms with van der Waals surface area (Å²) >= 11 is 0. The molecule has 0 atom stereocenters. The molecule has 0 N–H and O–H groups in total. The van der Waals surface area contributed by atoms with Crippen molar-refractivity contribution >= 4 is 0 Å². The molecule has 9 rings (SSSR count). The lowest BCUT2D eigenvalue weighted by molar-refractivity contribution is -0.214. The van der Waals surface area contributed by atoms with Crippen LogP contribution in [0.5, 0.6) is 0 Å². The fourth-order valence-electron chi connectivity index (χ4n) is 12.9. The van der Waals surface area contributed by atoms with Gasteiger partial charge in [0.15, 0.2) is 0 Å². The van der Waals surface area contributed by atoms with Gasteiger partial charge in [-0.2, -0.15) is 0 Å². The minimum atomic E-state index is 0.247. The minimum absolute atomic E-state index is 0.247. The summed E-state index contributed by atoms with van der Waals surface area (Å²) in [6, 6.07) is 0. The first-order valence-electron chi connectivity index (χ1n) is 36.0. The molecule has 83 heavy (non-hydrogen) atoms. The number of fused-ring (bicyclic) bond motifs is 9. The second-order valence-corrected chi connectivity index (χ2v) is 33.8. The van der Waals surface area contributed by atoms with Crippen LogP contribution in [0.2, 0.25) is 0 Å². The van der Waals surface area contributed by atoms with Crippen molar-refractivity contribution in [3.63, 3.8) is 0 Å². The van der Waals surface area contributed by atoms with Gasteiger partial charge in [0.25, 0.3) is 0 Å². The maximum atomic E-state index is 6.19. The van der Waals surface area contributed by atoms with Crippen LogP contribution < -0.4 is 0 Å². The first-order valence-corrected chi connectivity index (χ1v) is 36.0. The Labute approximate surface area is 525 Å². The summed E-state index contributed by atoms with van der Waals surface area (Å²) in [6.45, 7) is 76.9. The maximum Gasteiger partial charge on any atom is 0.0706 e. The minimum Gasteiger partial charge on any atom is -0.381 e.